The summed E-state index contributed by atoms with van der Waals surface area (Å²) in [5.74, 6) is 1.86. The van der Waals surface area contributed by atoms with Crippen molar-refractivity contribution in [3.63, 3.8) is 0 Å². The van der Waals surface area contributed by atoms with Crippen LogP contribution in [0.3, 0.4) is 0 Å². The van der Waals surface area contributed by atoms with E-state index in [0.29, 0.717) is 38.8 Å². The Balaban J connectivity index is 1.56. The molecule has 31 heavy (non-hydrogen) atoms. The third kappa shape index (κ3) is 5.19. The van der Waals surface area contributed by atoms with Gasteiger partial charge < -0.3 is 15.3 Å². The summed E-state index contributed by atoms with van der Waals surface area (Å²) >= 11 is 0. The van der Waals surface area contributed by atoms with Gasteiger partial charge in [0.15, 0.2) is 0 Å². The van der Waals surface area contributed by atoms with Crippen LogP contribution in [-0.2, 0) is 16.0 Å². The van der Waals surface area contributed by atoms with Crippen LogP contribution in [0.5, 0.6) is 0 Å². The van der Waals surface area contributed by atoms with E-state index in [1.807, 2.05) is 30.3 Å². The highest BCUT2D eigenvalue weighted by atomic mass is 16.3. The summed E-state index contributed by atoms with van der Waals surface area (Å²) < 4.78 is 0. The van der Waals surface area contributed by atoms with Gasteiger partial charge in [-0.2, -0.15) is 0 Å². The van der Waals surface area contributed by atoms with Gasteiger partial charge in [-0.3, -0.25) is 19.9 Å². The van der Waals surface area contributed by atoms with Crippen molar-refractivity contribution < 1.29 is 14.7 Å². The molecule has 3 rings (SSSR count). The Morgan fingerprint density at radius 1 is 1.32 bits per heavy atom. The third-order valence-corrected chi connectivity index (χ3v) is 5.65. The van der Waals surface area contributed by atoms with Crippen molar-refractivity contribution in [1.29, 1.82) is 5.41 Å². The normalized spacial score (nSPS) is 19.8. The predicted molar refractivity (Wildman–Crippen MR) is 118 cm³/mol. The second-order valence-corrected chi connectivity index (χ2v) is 7.76. The van der Waals surface area contributed by atoms with E-state index in [4.69, 9.17) is 11.8 Å². The second-order valence-electron chi connectivity index (χ2n) is 7.76. The smallest absolute Gasteiger partial charge is 0.279 e. The molecule has 0 saturated carbocycles. The molecular formula is C23H27N5O3. The van der Waals surface area contributed by atoms with Gasteiger partial charge in [-0.05, 0) is 24.8 Å². The minimum atomic E-state index is -1.14. The molecule has 1 aromatic rings. The van der Waals surface area contributed by atoms with E-state index in [-0.39, 0.29) is 29.6 Å². The number of aryl methyl sites for hydroxylation is 1. The molecule has 0 unspecified atom stereocenters. The van der Waals surface area contributed by atoms with E-state index in [1.54, 1.807) is 11.9 Å². The van der Waals surface area contributed by atoms with E-state index >= 15 is 0 Å². The zero-order valence-electron chi connectivity index (χ0n) is 17.6. The van der Waals surface area contributed by atoms with Gasteiger partial charge >= 0.3 is 0 Å². The molecule has 2 amide bonds. The number of likely N-dealkylation sites (tertiary alicyclic amines) is 1. The summed E-state index contributed by atoms with van der Waals surface area (Å²) in [5.41, 5.74) is 0.0285. The Hall–Kier alpha value is -3.44. The van der Waals surface area contributed by atoms with Crippen molar-refractivity contribution in [1.82, 2.24) is 15.1 Å². The number of nitrogens with one attached hydrogen (secondary N) is 2. The minimum Gasteiger partial charge on any atom is -0.388 e. The molecule has 2 heterocycles. The standard InChI is InChI=1S/C23H27N5O3/c1-3-18(25-2)21-20(24)22(30)28(16-26-21)15-23(31)11-13-27(14-12-23)19(29)10-9-17-7-5-4-6-8-17/h1,4-8,16,24-25,31H,9-15H2,2H3/b21-18+,24-20?. The maximum atomic E-state index is 12.6. The largest absolute Gasteiger partial charge is 0.388 e. The zero-order valence-corrected chi connectivity index (χ0v) is 17.6. The first-order valence-corrected chi connectivity index (χ1v) is 10.2. The Labute approximate surface area is 182 Å². The molecule has 0 aromatic heterocycles. The van der Waals surface area contributed by atoms with Crippen molar-refractivity contribution >= 4 is 23.9 Å². The fourth-order valence-electron chi connectivity index (χ4n) is 3.75. The summed E-state index contributed by atoms with van der Waals surface area (Å²) in [6, 6.07) is 9.86. The number of allylic oxidation sites excluding steroid dienone is 1. The first kappa shape index (κ1) is 22.2. The number of β-amino-alcohol motifs (C(OH)–C–C–N with tert-alkyl or cyclic N) is 1. The number of hydrogen-bond donors (Lipinski definition) is 3. The number of carbonyl (C=O) groups excluding carboxylic acids is 2. The molecule has 162 valence electrons. The van der Waals surface area contributed by atoms with E-state index in [1.165, 1.54) is 11.2 Å². The van der Waals surface area contributed by atoms with Crippen molar-refractivity contribution in [2.75, 3.05) is 26.7 Å². The highest BCUT2D eigenvalue weighted by Crippen LogP contribution is 2.25. The van der Waals surface area contributed by atoms with Crippen molar-refractivity contribution in [2.24, 2.45) is 4.99 Å². The Kier molecular flexibility index (Phi) is 6.88. The fourth-order valence-corrected chi connectivity index (χ4v) is 3.75. The van der Waals surface area contributed by atoms with Crippen LogP contribution in [0, 0.1) is 17.8 Å². The molecule has 8 heteroatoms. The van der Waals surface area contributed by atoms with Gasteiger partial charge in [-0.1, -0.05) is 36.3 Å². The van der Waals surface area contributed by atoms with E-state index < -0.39 is 11.5 Å². The van der Waals surface area contributed by atoms with Gasteiger partial charge in [-0.15, -0.1) is 6.42 Å². The topological polar surface area (TPSA) is 109 Å². The summed E-state index contributed by atoms with van der Waals surface area (Å²) in [6.45, 7) is 0.863. The maximum absolute atomic E-state index is 12.6. The highest BCUT2D eigenvalue weighted by Gasteiger charge is 2.38. The monoisotopic (exact) mass is 421 g/mol. The van der Waals surface area contributed by atoms with Gasteiger partial charge in [0, 0.05) is 26.6 Å². The predicted octanol–water partition coefficient (Wildman–Crippen LogP) is 0.927. The molecule has 2 aliphatic rings. The quantitative estimate of drug-likeness (QED) is 0.594. The lowest BCUT2D eigenvalue weighted by Crippen LogP contribution is -2.54. The molecule has 3 N–H and O–H groups in total. The van der Waals surface area contributed by atoms with Crippen molar-refractivity contribution in [3.05, 3.63) is 47.3 Å². The Morgan fingerprint density at radius 3 is 2.61 bits per heavy atom. The van der Waals surface area contributed by atoms with Gasteiger partial charge in [-0.25, -0.2) is 4.99 Å². The minimum absolute atomic E-state index is 0.0159. The lowest BCUT2D eigenvalue weighted by Gasteiger charge is -2.40. The molecule has 0 spiro atoms. The first-order chi connectivity index (χ1) is 14.9. The number of rotatable bonds is 6. The number of piperidine rings is 1. The number of terminal acetylenes is 1. The number of amides is 2. The van der Waals surface area contributed by atoms with E-state index in [0.717, 1.165) is 5.56 Å². The number of benzene rings is 1. The van der Waals surface area contributed by atoms with Crippen LogP contribution in [0.4, 0.5) is 0 Å². The molecule has 1 fully saturated rings. The SMILES string of the molecule is C#C/C(NC)=C1\N=CN(CC2(O)CCN(C(=O)CCc3ccccc3)CC2)C(=O)C1=N. The number of hydrogen-bond acceptors (Lipinski definition) is 6. The fraction of sp³-hybridized carbons (Fsp3) is 0.391. The van der Waals surface area contributed by atoms with Crippen molar-refractivity contribution in [3.8, 4) is 12.3 Å². The number of aliphatic hydroxyl groups is 1. The summed E-state index contributed by atoms with van der Waals surface area (Å²) in [4.78, 5) is 32.2. The number of aliphatic imine (C=N–C) groups is 1. The molecular weight excluding hydrogens is 394 g/mol. The van der Waals surface area contributed by atoms with Crippen LogP contribution in [-0.4, -0.2) is 71.1 Å². The lowest BCUT2D eigenvalue weighted by atomic mass is 9.90. The zero-order chi connectivity index (χ0) is 22.4. The van der Waals surface area contributed by atoms with Gasteiger partial charge in [0.1, 0.15) is 17.1 Å². The number of nitrogens with zero attached hydrogens (tertiary/aromatic N) is 3. The van der Waals surface area contributed by atoms with Gasteiger partial charge in [0.2, 0.25) is 5.91 Å². The Bertz CT molecular complexity index is 953. The molecule has 0 bridgehead atoms. The second kappa shape index (κ2) is 9.58. The highest BCUT2D eigenvalue weighted by molar-refractivity contribution is 6.46. The van der Waals surface area contributed by atoms with Gasteiger partial charge in [0.25, 0.3) is 5.91 Å². The molecule has 1 saturated heterocycles. The molecule has 0 aliphatic carbocycles. The average Bonchev–Trinajstić information content (AvgIpc) is 2.78. The van der Waals surface area contributed by atoms with Crippen LogP contribution < -0.4 is 5.32 Å². The molecule has 1 aromatic carbocycles. The van der Waals surface area contributed by atoms with Crippen LogP contribution in [0.15, 0.2) is 46.7 Å². The number of carbonyl (C=O) groups is 2. The van der Waals surface area contributed by atoms with E-state index in [9.17, 15) is 14.7 Å². The van der Waals surface area contributed by atoms with Crippen LogP contribution in [0.1, 0.15) is 24.8 Å². The third-order valence-electron chi connectivity index (χ3n) is 5.65. The average molecular weight is 422 g/mol. The van der Waals surface area contributed by atoms with Crippen LogP contribution >= 0.6 is 0 Å². The maximum Gasteiger partial charge on any atom is 0.279 e. The lowest BCUT2D eigenvalue weighted by molar-refractivity contribution is -0.137. The summed E-state index contributed by atoms with van der Waals surface area (Å²) in [5, 5.41) is 21.8. The summed E-state index contributed by atoms with van der Waals surface area (Å²) in [6.07, 6.45) is 8.50. The molecule has 0 radical (unpaired) electrons. The summed E-state index contributed by atoms with van der Waals surface area (Å²) in [7, 11) is 1.60. The Morgan fingerprint density at radius 2 is 2.00 bits per heavy atom. The molecule has 2 aliphatic heterocycles. The van der Waals surface area contributed by atoms with Crippen molar-refractivity contribution in [2.45, 2.75) is 31.3 Å². The van der Waals surface area contributed by atoms with Gasteiger partial charge in [0.05, 0.1) is 18.5 Å². The molecule has 8 nitrogen and oxygen atoms in total. The van der Waals surface area contributed by atoms with Crippen LogP contribution in [0.25, 0.3) is 0 Å². The first-order valence-electron chi connectivity index (χ1n) is 10.2. The van der Waals surface area contributed by atoms with E-state index in [2.05, 4.69) is 16.2 Å². The van der Waals surface area contributed by atoms with Crippen LogP contribution in [0.2, 0.25) is 0 Å². The molecule has 0 atom stereocenters.